The summed E-state index contributed by atoms with van der Waals surface area (Å²) in [4.78, 5) is 6.61. The van der Waals surface area contributed by atoms with E-state index >= 15 is 0 Å². The molecule has 7 heteroatoms. The van der Waals surface area contributed by atoms with Crippen molar-refractivity contribution in [2.75, 3.05) is 33.3 Å². The first-order valence-electron chi connectivity index (χ1n) is 10.7. The second-order valence-electron chi connectivity index (χ2n) is 7.97. The summed E-state index contributed by atoms with van der Waals surface area (Å²) in [5, 5.41) is 6.89. The summed E-state index contributed by atoms with van der Waals surface area (Å²) < 4.78 is 32.3. The van der Waals surface area contributed by atoms with Crippen LogP contribution in [0.15, 0.2) is 23.2 Å². The van der Waals surface area contributed by atoms with Crippen LogP contribution in [0.1, 0.15) is 45.6 Å². The van der Waals surface area contributed by atoms with Crippen LogP contribution in [0.4, 0.5) is 8.78 Å². The molecule has 0 saturated carbocycles. The van der Waals surface area contributed by atoms with Crippen molar-refractivity contribution in [1.82, 2.24) is 15.5 Å². The molecule has 1 saturated heterocycles. The summed E-state index contributed by atoms with van der Waals surface area (Å²) in [6, 6.07) is 4.50. The molecule has 1 aliphatic rings. The van der Waals surface area contributed by atoms with Crippen LogP contribution in [0.5, 0.6) is 0 Å². The molecule has 29 heavy (non-hydrogen) atoms. The monoisotopic (exact) mass is 410 g/mol. The van der Waals surface area contributed by atoms with Crippen molar-refractivity contribution in [3.05, 3.63) is 35.4 Å². The van der Waals surface area contributed by atoms with Crippen LogP contribution in [0.25, 0.3) is 0 Å². The number of rotatable bonds is 9. The number of benzene rings is 1. The molecule has 2 N–H and O–H groups in total. The lowest BCUT2D eigenvalue weighted by Crippen LogP contribution is -2.49. The Kier molecular flexibility index (Phi) is 9.81. The van der Waals surface area contributed by atoms with E-state index in [0.717, 1.165) is 57.0 Å². The summed E-state index contributed by atoms with van der Waals surface area (Å²) in [6.07, 6.45) is 3.17. The van der Waals surface area contributed by atoms with Crippen LogP contribution >= 0.6 is 0 Å². The van der Waals surface area contributed by atoms with Crippen molar-refractivity contribution >= 4 is 5.96 Å². The Hall–Kier alpha value is -1.73. The Bertz CT molecular complexity index is 646. The molecule has 2 rings (SSSR count). The summed E-state index contributed by atoms with van der Waals surface area (Å²) in [5.41, 5.74) is 0.807. The van der Waals surface area contributed by atoms with Crippen molar-refractivity contribution in [1.29, 1.82) is 0 Å². The maximum Gasteiger partial charge on any atom is 0.191 e. The second kappa shape index (κ2) is 12.1. The zero-order chi connectivity index (χ0) is 21.2. The number of piperidine rings is 1. The van der Waals surface area contributed by atoms with E-state index in [-0.39, 0.29) is 6.10 Å². The summed E-state index contributed by atoms with van der Waals surface area (Å²) >= 11 is 0. The lowest BCUT2D eigenvalue weighted by molar-refractivity contribution is 0.0258. The maximum absolute atomic E-state index is 13.4. The predicted molar refractivity (Wildman–Crippen MR) is 114 cm³/mol. The third-order valence-corrected chi connectivity index (χ3v) is 5.39. The molecule has 1 aromatic rings. The number of halogens is 2. The first kappa shape index (κ1) is 23.5. The van der Waals surface area contributed by atoms with Crippen molar-refractivity contribution in [3.63, 3.8) is 0 Å². The minimum absolute atomic E-state index is 0.255. The fraction of sp³-hybridized carbons (Fsp3) is 0.682. The molecule has 1 aliphatic heterocycles. The van der Waals surface area contributed by atoms with E-state index < -0.39 is 11.6 Å². The zero-order valence-corrected chi connectivity index (χ0v) is 18.2. The number of ether oxygens (including phenoxy) is 1. The van der Waals surface area contributed by atoms with Gasteiger partial charge in [-0.1, -0.05) is 19.9 Å². The fourth-order valence-electron chi connectivity index (χ4n) is 3.68. The van der Waals surface area contributed by atoms with Gasteiger partial charge in [-0.2, -0.15) is 0 Å². The van der Waals surface area contributed by atoms with Gasteiger partial charge in [0.2, 0.25) is 0 Å². The van der Waals surface area contributed by atoms with Gasteiger partial charge in [-0.15, -0.1) is 0 Å². The van der Waals surface area contributed by atoms with Gasteiger partial charge < -0.3 is 15.4 Å². The molecule has 1 atom stereocenters. The number of guanidine groups is 1. The minimum Gasteiger partial charge on any atom is -0.378 e. The molecule has 1 fully saturated rings. The van der Waals surface area contributed by atoms with E-state index in [1.54, 1.807) is 13.1 Å². The van der Waals surface area contributed by atoms with Gasteiger partial charge >= 0.3 is 0 Å². The second-order valence-corrected chi connectivity index (χ2v) is 7.97. The van der Waals surface area contributed by atoms with Crippen molar-refractivity contribution in [3.8, 4) is 0 Å². The van der Waals surface area contributed by atoms with Crippen LogP contribution in [0.2, 0.25) is 0 Å². The molecular weight excluding hydrogens is 374 g/mol. The van der Waals surface area contributed by atoms with E-state index in [4.69, 9.17) is 4.74 Å². The molecule has 1 unspecified atom stereocenters. The van der Waals surface area contributed by atoms with E-state index in [0.29, 0.717) is 18.5 Å². The van der Waals surface area contributed by atoms with E-state index in [1.165, 1.54) is 12.1 Å². The first-order chi connectivity index (χ1) is 13.9. The Morgan fingerprint density at radius 1 is 1.24 bits per heavy atom. The Morgan fingerprint density at radius 3 is 2.55 bits per heavy atom. The summed E-state index contributed by atoms with van der Waals surface area (Å²) in [7, 11) is 1.79. The zero-order valence-electron chi connectivity index (χ0n) is 18.2. The summed E-state index contributed by atoms with van der Waals surface area (Å²) in [6.45, 7) is 10.4. The van der Waals surface area contributed by atoms with Crippen LogP contribution in [0.3, 0.4) is 0 Å². The van der Waals surface area contributed by atoms with Crippen LogP contribution in [-0.2, 0) is 11.3 Å². The van der Waals surface area contributed by atoms with Gasteiger partial charge in [0.1, 0.15) is 0 Å². The molecule has 0 aliphatic carbocycles. The van der Waals surface area contributed by atoms with Gasteiger partial charge in [-0.3, -0.25) is 9.89 Å². The van der Waals surface area contributed by atoms with Crippen LogP contribution in [-0.4, -0.2) is 56.3 Å². The third kappa shape index (κ3) is 7.90. The fourth-order valence-corrected chi connectivity index (χ4v) is 3.68. The number of hydrogen-bond donors (Lipinski definition) is 2. The molecule has 164 valence electrons. The highest BCUT2D eigenvalue weighted by atomic mass is 19.2. The van der Waals surface area contributed by atoms with E-state index in [9.17, 15) is 8.78 Å². The molecule has 0 bridgehead atoms. The standard InChI is InChI=1S/C22H36F2N4O/c1-5-29-21(16(2)3)8-11-26-22(25-4)27-18-9-12-28(13-10-18)15-17-6-7-19(23)20(24)14-17/h6-7,14,16,18,21H,5,8-13,15H2,1-4H3,(H2,25,26,27). The first-order valence-corrected chi connectivity index (χ1v) is 10.7. The SMILES string of the molecule is CCOC(CCNC(=NC)NC1CCN(Cc2ccc(F)c(F)c2)CC1)C(C)C. The lowest BCUT2D eigenvalue weighted by atomic mass is 10.0. The topological polar surface area (TPSA) is 48.9 Å². The molecule has 0 amide bonds. The average Bonchev–Trinajstić information content (AvgIpc) is 2.70. The molecule has 0 radical (unpaired) electrons. The number of nitrogens with one attached hydrogen (secondary N) is 2. The molecule has 5 nitrogen and oxygen atoms in total. The lowest BCUT2D eigenvalue weighted by Gasteiger charge is -2.33. The summed E-state index contributed by atoms with van der Waals surface area (Å²) in [5.74, 6) is -0.261. The van der Waals surface area contributed by atoms with Gasteiger partial charge in [0.05, 0.1) is 6.10 Å². The highest BCUT2D eigenvalue weighted by Crippen LogP contribution is 2.16. The largest absolute Gasteiger partial charge is 0.378 e. The number of hydrogen-bond acceptors (Lipinski definition) is 3. The van der Waals surface area contributed by atoms with Gasteiger partial charge in [0.15, 0.2) is 17.6 Å². The number of likely N-dealkylation sites (tertiary alicyclic amines) is 1. The normalized spacial score (nSPS) is 17.6. The smallest absolute Gasteiger partial charge is 0.191 e. The van der Waals surface area contributed by atoms with Crippen molar-refractivity contribution < 1.29 is 13.5 Å². The van der Waals surface area contributed by atoms with Crippen LogP contribution < -0.4 is 10.6 Å². The minimum atomic E-state index is -0.795. The molecule has 0 spiro atoms. The molecular formula is C22H36F2N4O. The Balaban J connectivity index is 1.72. The highest BCUT2D eigenvalue weighted by molar-refractivity contribution is 5.79. The van der Waals surface area contributed by atoms with E-state index in [1.807, 2.05) is 6.92 Å². The average molecular weight is 411 g/mol. The molecule has 1 aromatic carbocycles. The van der Waals surface area contributed by atoms with Gasteiger partial charge in [-0.25, -0.2) is 8.78 Å². The number of aliphatic imine (C=N–C) groups is 1. The van der Waals surface area contributed by atoms with Gasteiger partial charge in [-0.05, 0) is 49.8 Å². The van der Waals surface area contributed by atoms with Gasteiger partial charge in [0, 0.05) is 45.9 Å². The Labute approximate surface area is 173 Å². The Morgan fingerprint density at radius 2 is 1.97 bits per heavy atom. The molecule has 0 aromatic heterocycles. The predicted octanol–water partition coefficient (Wildman–Crippen LogP) is 3.55. The van der Waals surface area contributed by atoms with Crippen LogP contribution in [0, 0.1) is 17.6 Å². The highest BCUT2D eigenvalue weighted by Gasteiger charge is 2.20. The van der Waals surface area contributed by atoms with Crippen molar-refractivity contribution in [2.24, 2.45) is 10.9 Å². The van der Waals surface area contributed by atoms with Gasteiger partial charge in [0.25, 0.3) is 0 Å². The van der Waals surface area contributed by atoms with Crippen molar-refractivity contribution in [2.45, 2.75) is 58.7 Å². The van der Waals surface area contributed by atoms with E-state index in [2.05, 4.69) is 34.4 Å². The quantitative estimate of drug-likeness (QED) is 0.483. The molecule has 1 heterocycles. The maximum atomic E-state index is 13.4. The number of nitrogens with zero attached hydrogens (tertiary/aromatic N) is 2. The third-order valence-electron chi connectivity index (χ3n) is 5.39.